The number of rotatable bonds is 8. The van der Waals surface area contributed by atoms with Gasteiger partial charge in [0.25, 0.3) is 0 Å². The number of benzene rings is 3. The highest BCUT2D eigenvalue weighted by molar-refractivity contribution is 6.03. The van der Waals surface area contributed by atoms with Crippen LogP contribution >= 0.6 is 0 Å². The molecule has 0 fully saturated rings. The number of hydrogen-bond donors (Lipinski definition) is 3. The molecule has 0 saturated heterocycles. The maximum atomic E-state index is 12.7. The minimum absolute atomic E-state index is 0.133. The molecule has 4 rings (SSSR count). The lowest BCUT2D eigenvalue weighted by Crippen LogP contribution is -2.33. The molecule has 1 heterocycles. The fourth-order valence-electron chi connectivity index (χ4n) is 4.24. The van der Waals surface area contributed by atoms with E-state index in [1.807, 2.05) is 67.6 Å². The van der Waals surface area contributed by atoms with Crippen molar-refractivity contribution in [1.29, 1.82) is 0 Å². The molecule has 180 valence electrons. The smallest absolute Gasteiger partial charge is 0.326 e. The average molecular weight is 472 g/mol. The number of para-hydroxylation sites is 1. The molecular formula is C28H29N3O4. The van der Waals surface area contributed by atoms with Crippen LogP contribution in [0.25, 0.3) is 0 Å². The van der Waals surface area contributed by atoms with E-state index in [0.717, 1.165) is 23.2 Å². The number of carbonyl (C=O) groups is 3. The highest BCUT2D eigenvalue weighted by atomic mass is 16.4. The summed E-state index contributed by atoms with van der Waals surface area (Å²) >= 11 is 0. The Balaban J connectivity index is 1.27. The summed E-state index contributed by atoms with van der Waals surface area (Å²) in [5, 5.41) is 14.7. The fraction of sp³-hybridized carbons (Fsp3) is 0.250. The third kappa shape index (κ3) is 6.26. The molecule has 0 aromatic heterocycles. The number of fused-ring (bicyclic) bond motifs is 1. The summed E-state index contributed by atoms with van der Waals surface area (Å²) in [5.41, 5.74) is 5.37. The molecule has 35 heavy (non-hydrogen) atoms. The topological polar surface area (TPSA) is 98.7 Å². The van der Waals surface area contributed by atoms with E-state index >= 15 is 0 Å². The molecule has 1 aliphatic heterocycles. The largest absolute Gasteiger partial charge is 0.481 e. The molecule has 0 saturated carbocycles. The van der Waals surface area contributed by atoms with Gasteiger partial charge in [0.15, 0.2) is 0 Å². The summed E-state index contributed by atoms with van der Waals surface area (Å²) in [5.74, 6) is -0.800. The summed E-state index contributed by atoms with van der Waals surface area (Å²) < 4.78 is 0. The SMILES string of the molecule is CC(CCC(=O)O)c1ccc(NC(=O)Cc2ccc(NC(=O)N3CCc4ccccc43)cc2)cc1. The van der Waals surface area contributed by atoms with E-state index < -0.39 is 5.97 Å². The number of hydrogen-bond acceptors (Lipinski definition) is 3. The number of urea groups is 1. The van der Waals surface area contributed by atoms with Crippen molar-refractivity contribution in [2.45, 2.75) is 38.5 Å². The van der Waals surface area contributed by atoms with E-state index in [9.17, 15) is 14.4 Å². The Morgan fingerprint density at radius 2 is 1.57 bits per heavy atom. The minimum atomic E-state index is -0.798. The van der Waals surface area contributed by atoms with E-state index in [2.05, 4.69) is 10.6 Å². The van der Waals surface area contributed by atoms with Crippen LogP contribution in [-0.4, -0.2) is 29.6 Å². The fourth-order valence-corrected chi connectivity index (χ4v) is 4.24. The normalized spacial score (nSPS) is 13.1. The lowest BCUT2D eigenvalue weighted by atomic mass is 9.96. The molecule has 7 nitrogen and oxygen atoms in total. The van der Waals surface area contributed by atoms with E-state index in [1.54, 1.807) is 17.0 Å². The number of amides is 3. The predicted octanol–water partition coefficient (Wildman–Crippen LogP) is 5.43. The van der Waals surface area contributed by atoms with Crippen LogP contribution in [0.5, 0.6) is 0 Å². The van der Waals surface area contributed by atoms with E-state index in [-0.39, 0.29) is 30.7 Å². The molecule has 3 aromatic rings. The Morgan fingerprint density at radius 1 is 0.914 bits per heavy atom. The van der Waals surface area contributed by atoms with Gasteiger partial charge in [-0.1, -0.05) is 49.4 Å². The zero-order chi connectivity index (χ0) is 24.8. The van der Waals surface area contributed by atoms with Crippen LogP contribution in [0.3, 0.4) is 0 Å². The second-order valence-corrected chi connectivity index (χ2v) is 8.84. The molecule has 7 heteroatoms. The average Bonchev–Trinajstić information content (AvgIpc) is 3.28. The molecule has 0 spiro atoms. The van der Waals surface area contributed by atoms with Crippen molar-refractivity contribution in [1.82, 2.24) is 0 Å². The molecule has 0 bridgehead atoms. The first-order valence-electron chi connectivity index (χ1n) is 11.8. The Labute approximate surface area is 204 Å². The van der Waals surface area contributed by atoms with Gasteiger partial charge in [0.1, 0.15) is 0 Å². The number of nitrogens with one attached hydrogen (secondary N) is 2. The summed E-state index contributed by atoms with van der Waals surface area (Å²) in [6.45, 7) is 2.65. The van der Waals surface area contributed by atoms with Gasteiger partial charge in [0, 0.05) is 30.0 Å². The minimum Gasteiger partial charge on any atom is -0.481 e. The number of anilines is 3. The molecule has 3 N–H and O–H groups in total. The molecule has 1 aliphatic rings. The molecule has 0 radical (unpaired) electrons. The number of aliphatic carboxylic acids is 1. The molecule has 1 atom stereocenters. The first-order valence-corrected chi connectivity index (χ1v) is 11.8. The molecule has 0 aliphatic carbocycles. The van der Waals surface area contributed by atoms with Gasteiger partial charge in [0.05, 0.1) is 6.42 Å². The van der Waals surface area contributed by atoms with E-state index in [4.69, 9.17) is 5.11 Å². The van der Waals surface area contributed by atoms with Crippen LogP contribution in [0.4, 0.5) is 21.9 Å². The Kier molecular flexibility index (Phi) is 7.45. The standard InChI is InChI=1S/C28H29N3O4/c1-19(6-15-27(33)34)21-9-13-23(14-10-21)29-26(32)18-20-7-11-24(12-8-20)30-28(35)31-17-16-22-4-2-3-5-25(22)31/h2-5,7-14,19H,6,15-18H2,1H3,(H,29,32)(H,30,35)(H,33,34). The van der Waals surface area contributed by atoms with Crippen molar-refractivity contribution >= 4 is 35.0 Å². The second kappa shape index (κ2) is 10.9. The van der Waals surface area contributed by atoms with Crippen LogP contribution in [0.1, 0.15) is 42.4 Å². The first kappa shape index (κ1) is 24.0. The van der Waals surface area contributed by atoms with Crippen LogP contribution in [0, 0.1) is 0 Å². The summed E-state index contributed by atoms with van der Waals surface area (Å²) in [4.78, 5) is 37.7. The van der Waals surface area contributed by atoms with Crippen LogP contribution in [0.15, 0.2) is 72.8 Å². The third-order valence-corrected chi connectivity index (χ3v) is 6.26. The Hall–Kier alpha value is -4.13. The van der Waals surface area contributed by atoms with Crippen molar-refractivity contribution in [2.24, 2.45) is 0 Å². The molecular weight excluding hydrogens is 442 g/mol. The van der Waals surface area contributed by atoms with Crippen molar-refractivity contribution in [3.8, 4) is 0 Å². The quantitative estimate of drug-likeness (QED) is 0.408. The van der Waals surface area contributed by atoms with Gasteiger partial charge in [0.2, 0.25) is 5.91 Å². The highest BCUT2D eigenvalue weighted by Gasteiger charge is 2.24. The zero-order valence-electron chi connectivity index (χ0n) is 19.7. The zero-order valence-corrected chi connectivity index (χ0v) is 19.7. The molecule has 3 aromatic carbocycles. The van der Waals surface area contributed by atoms with Crippen molar-refractivity contribution in [2.75, 3.05) is 22.1 Å². The van der Waals surface area contributed by atoms with Crippen LogP contribution < -0.4 is 15.5 Å². The van der Waals surface area contributed by atoms with Gasteiger partial charge < -0.3 is 15.7 Å². The van der Waals surface area contributed by atoms with Crippen LogP contribution in [-0.2, 0) is 22.4 Å². The number of nitrogens with zero attached hydrogens (tertiary/aromatic N) is 1. The lowest BCUT2D eigenvalue weighted by molar-refractivity contribution is -0.137. The lowest BCUT2D eigenvalue weighted by Gasteiger charge is -2.18. The summed E-state index contributed by atoms with van der Waals surface area (Å²) in [6, 6.07) is 22.5. The van der Waals surface area contributed by atoms with Gasteiger partial charge in [-0.05, 0) is 65.8 Å². The van der Waals surface area contributed by atoms with Crippen molar-refractivity contribution in [3.63, 3.8) is 0 Å². The number of carboxylic acids is 1. The summed E-state index contributed by atoms with van der Waals surface area (Å²) in [6.07, 6.45) is 1.77. The third-order valence-electron chi connectivity index (χ3n) is 6.26. The van der Waals surface area contributed by atoms with Crippen molar-refractivity contribution < 1.29 is 19.5 Å². The highest BCUT2D eigenvalue weighted by Crippen LogP contribution is 2.28. The molecule has 3 amide bonds. The number of carboxylic acid groups (broad SMARTS) is 1. The van der Waals surface area contributed by atoms with Gasteiger partial charge in [-0.15, -0.1) is 0 Å². The van der Waals surface area contributed by atoms with Crippen molar-refractivity contribution in [3.05, 3.63) is 89.5 Å². The second-order valence-electron chi connectivity index (χ2n) is 8.84. The Morgan fingerprint density at radius 3 is 2.29 bits per heavy atom. The van der Waals surface area contributed by atoms with Gasteiger partial charge in [-0.3, -0.25) is 14.5 Å². The Bertz CT molecular complexity index is 1210. The maximum absolute atomic E-state index is 12.7. The number of carbonyl (C=O) groups excluding carboxylic acids is 2. The monoisotopic (exact) mass is 471 g/mol. The van der Waals surface area contributed by atoms with E-state index in [0.29, 0.717) is 24.3 Å². The molecule has 1 unspecified atom stereocenters. The first-order chi connectivity index (χ1) is 16.9. The predicted molar refractivity (Wildman–Crippen MR) is 137 cm³/mol. The maximum Gasteiger partial charge on any atom is 0.326 e. The van der Waals surface area contributed by atoms with Gasteiger partial charge in [-0.2, -0.15) is 0 Å². The van der Waals surface area contributed by atoms with Gasteiger partial charge >= 0.3 is 12.0 Å². The summed E-state index contributed by atoms with van der Waals surface area (Å²) in [7, 11) is 0. The van der Waals surface area contributed by atoms with Gasteiger partial charge in [-0.25, -0.2) is 4.79 Å². The van der Waals surface area contributed by atoms with E-state index in [1.165, 1.54) is 5.56 Å². The van der Waals surface area contributed by atoms with Crippen LogP contribution in [0.2, 0.25) is 0 Å².